The highest BCUT2D eigenvalue weighted by atomic mass is 35.5. The third-order valence-corrected chi connectivity index (χ3v) is 1.89. The second-order valence-corrected chi connectivity index (χ2v) is 3.00. The predicted molar refractivity (Wildman–Crippen MR) is 66.4 cm³/mol. The summed E-state index contributed by atoms with van der Waals surface area (Å²) in [5, 5.41) is 10.6. The van der Waals surface area contributed by atoms with Crippen molar-refractivity contribution in [2.24, 2.45) is 16.5 Å². The highest BCUT2D eigenvalue weighted by Crippen LogP contribution is 2.27. The van der Waals surface area contributed by atoms with Crippen LogP contribution < -0.4 is 16.2 Å². The molecule has 0 saturated carbocycles. The molecule has 0 aromatic heterocycles. The van der Waals surface area contributed by atoms with E-state index in [9.17, 15) is 10.1 Å². The van der Waals surface area contributed by atoms with Crippen LogP contribution in [0.3, 0.4) is 0 Å². The van der Waals surface area contributed by atoms with Crippen LogP contribution in [-0.2, 0) is 6.54 Å². The smallest absolute Gasteiger partial charge is 0.310 e. The first-order valence-corrected chi connectivity index (χ1v) is 4.41. The lowest BCUT2D eigenvalue weighted by Gasteiger charge is -2.03. The van der Waals surface area contributed by atoms with Crippen molar-refractivity contribution in [3.63, 3.8) is 0 Å². The summed E-state index contributed by atoms with van der Waals surface area (Å²) in [7, 11) is 1.37. The highest BCUT2D eigenvalue weighted by Gasteiger charge is 2.14. The number of aliphatic imine (C=N–C) groups is 1. The van der Waals surface area contributed by atoms with Crippen molar-refractivity contribution in [1.29, 1.82) is 0 Å². The third kappa shape index (κ3) is 4.15. The number of methoxy groups -OCH3 is 1. The lowest BCUT2D eigenvalue weighted by atomic mass is 10.2. The van der Waals surface area contributed by atoms with Gasteiger partial charge in [0.1, 0.15) is 0 Å². The Morgan fingerprint density at radius 3 is 2.65 bits per heavy atom. The molecule has 0 aliphatic rings. The predicted octanol–water partition coefficient (Wildman–Crippen LogP) is 0.799. The van der Waals surface area contributed by atoms with Crippen molar-refractivity contribution >= 4 is 24.1 Å². The third-order valence-electron chi connectivity index (χ3n) is 1.89. The van der Waals surface area contributed by atoms with E-state index in [1.165, 1.54) is 19.2 Å². The van der Waals surface area contributed by atoms with Crippen LogP contribution in [0.2, 0.25) is 0 Å². The topological polar surface area (TPSA) is 117 Å². The molecule has 1 aromatic carbocycles. The molecule has 0 bridgehead atoms. The average Bonchev–Trinajstić information content (AvgIpc) is 2.25. The van der Waals surface area contributed by atoms with Gasteiger partial charge in [0.15, 0.2) is 11.7 Å². The van der Waals surface area contributed by atoms with E-state index in [2.05, 4.69) is 4.99 Å². The Hall–Kier alpha value is -2.02. The average molecular weight is 261 g/mol. The van der Waals surface area contributed by atoms with Crippen LogP contribution in [0.1, 0.15) is 5.56 Å². The molecule has 7 nitrogen and oxygen atoms in total. The number of benzene rings is 1. The monoisotopic (exact) mass is 260 g/mol. The number of nitro benzene ring substituents is 1. The van der Waals surface area contributed by atoms with E-state index >= 15 is 0 Å². The zero-order valence-electron chi connectivity index (χ0n) is 9.12. The summed E-state index contributed by atoms with van der Waals surface area (Å²) in [5.74, 6) is 0.158. The van der Waals surface area contributed by atoms with Gasteiger partial charge < -0.3 is 16.2 Å². The Bertz CT molecular complexity index is 432. The second-order valence-electron chi connectivity index (χ2n) is 3.00. The summed E-state index contributed by atoms with van der Waals surface area (Å²) in [6.07, 6.45) is 0. The molecule has 0 atom stereocenters. The van der Waals surface area contributed by atoms with E-state index in [4.69, 9.17) is 16.2 Å². The fraction of sp³-hybridized carbons (Fsp3) is 0.222. The van der Waals surface area contributed by atoms with Gasteiger partial charge in [-0.25, -0.2) is 4.99 Å². The van der Waals surface area contributed by atoms with E-state index < -0.39 is 4.92 Å². The minimum Gasteiger partial charge on any atom is -0.490 e. The van der Waals surface area contributed by atoms with Gasteiger partial charge in [-0.1, -0.05) is 6.07 Å². The largest absolute Gasteiger partial charge is 0.490 e. The van der Waals surface area contributed by atoms with Crippen LogP contribution in [0.5, 0.6) is 5.75 Å². The molecule has 0 aliphatic carbocycles. The lowest BCUT2D eigenvalue weighted by molar-refractivity contribution is -0.385. The quantitative estimate of drug-likeness (QED) is 0.359. The van der Waals surface area contributed by atoms with Crippen molar-refractivity contribution < 1.29 is 9.66 Å². The molecular formula is C9H13ClN4O3. The fourth-order valence-corrected chi connectivity index (χ4v) is 1.15. The van der Waals surface area contributed by atoms with Gasteiger partial charge in [-0.15, -0.1) is 12.4 Å². The highest BCUT2D eigenvalue weighted by molar-refractivity contribution is 5.85. The van der Waals surface area contributed by atoms with Crippen molar-refractivity contribution in [3.05, 3.63) is 33.9 Å². The van der Waals surface area contributed by atoms with Gasteiger partial charge >= 0.3 is 5.69 Å². The van der Waals surface area contributed by atoms with Gasteiger partial charge in [-0.2, -0.15) is 0 Å². The van der Waals surface area contributed by atoms with Gasteiger partial charge in [-0.3, -0.25) is 10.1 Å². The second kappa shape index (κ2) is 6.54. The summed E-state index contributed by atoms with van der Waals surface area (Å²) < 4.78 is 4.90. The number of nitrogens with zero attached hydrogens (tertiary/aromatic N) is 2. The van der Waals surface area contributed by atoms with Gasteiger partial charge in [0.25, 0.3) is 0 Å². The normalized spacial score (nSPS) is 9.00. The van der Waals surface area contributed by atoms with Gasteiger partial charge in [0, 0.05) is 6.07 Å². The Morgan fingerprint density at radius 1 is 1.53 bits per heavy atom. The number of nitro groups is 1. The first-order chi connectivity index (χ1) is 7.54. The van der Waals surface area contributed by atoms with E-state index in [0.717, 1.165) is 5.56 Å². The number of rotatable bonds is 4. The maximum Gasteiger partial charge on any atom is 0.310 e. The fourth-order valence-electron chi connectivity index (χ4n) is 1.15. The van der Waals surface area contributed by atoms with Crippen molar-refractivity contribution in [3.8, 4) is 5.75 Å². The SMILES string of the molecule is COc1cc(CN=C(N)N)ccc1[N+](=O)[O-].Cl. The molecule has 0 aliphatic heterocycles. The Balaban J connectivity index is 0.00000256. The molecule has 1 rings (SSSR count). The molecule has 0 fully saturated rings. The minimum atomic E-state index is -0.511. The minimum absolute atomic E-state index is 0. The summed E-state index contributed by atoms with van der Waals surface area (Å²) in [5.41, 5.74) is 11.0. The molecule has 0 amide bonds. The maximum atomic E-state index is 10.6. The Morgan fingerprint density at radius 2 is 2.18 bits per heavy atom. The zero-order chi connectivity index (χ0) is 12.1. The van der Waals surface area contributed by atoms with Crippen molar-refractivity contribution in [1.82, 2.24) is 0 Å². The molecule has 94 valence electrons. The number of nitrogens with two attached hydrogens (primary N) is 2. The molecule has 0 radical (unpaired) electrons. The number of halogens is 1. The van der Waals surface area contributed by atoms with Gasteiger partial charge in [-0.05, 0) is 11.6 Å². The molecule has 0 saturated heterocycles. The molecule has 8 heteroatoms. The number of ether oxygens (including phenoxy) is 1. The van der Waals surface area contributed by atoms with Crippen molar-refractivity contribution in [2.75, 3.05) is 7.11 Å². The van der Waals surface area contributed by atoms with Crippen LogP contribution >= 0.6 is 12.4 Å². The Labute approximate surface area is 104 Å². The molecule has 17 heavy (non-hydrogen) atoms. The van der Waals surface area contributed by atoms with Crippen LogP contribution in [0, 0.1) is 10.1 Å². The van der Waals surface area contributed by atoms with Gasteiger partial charge in [0.05, 0.1) is 18.6 Å². The van der Waals surface area contributed by atoms with E-state index in [-0.39, 0.29) is 36.3 Å². The molecule has 1 aromatic rings. The number of guanidine groups is 1. The van der Waals surface area contributed by atoms with E-state index in [0.29, 0.717) is 0 Å². The van der Waals surface area contributed by atoms with E-state index in [1.54, 1.807) is 6.07 Å². The van der Waals surface area contributed by atoms with Crippen LogP contribution in [0.25, 0.3) is 0 Å². The first-order valence-electron chi connectivity index (χ1n) is 4.41. The molecule has 0 heterocycles. The summed E-state index contributed by atoms with van der Waals surface area (Å²) in [6.45, 7) is 0.261. The van der Waals surface area contributed by atoms with Crippen LogP contribution in [0.15, 0.2) is 23.2 Å². The first kappa shape index (κ1) is 15.0. The molecule has 0 spiro atoms. The standard InChI is InChI=1S/C9H12N4O3.ClH/c1-16-8-4-6(5-12-9(10)11)2-3-7(8)13(14)15;/h2-4H,5H2,1H3,(H4,10,11,12);1H. The molecule has 4 N–H and O–H groups in total. The maximum absolute atomic E-state index is 10.6. The number of hydrogen-bond donors (Lipinski definition) is 2. The van der Waals surface area contributed by atoms with E-state index in [1.807, 2.05) is 0 Å². The summed E-state index contributed by atoms with van der Waals surface area (Å²) in [4.78, 5) is 13.9. The Kier molecular flexibility index (Phi) is 5.76. The molecular weight excluding hydrogens is 248 g/mol. The van der Waals surface area contributed by atoms with Gasteiger partial charge in [0.2, 0.25) is 0 Å². The number of hydrogen-bond acceptors (Lipinski definition) is 4. The van der Waals surface area contributed by atoms with Crippen molar-refractivity contribution in [2.45, 2.75) is 6.54 Å². The zero-order valence-corrected chi connectivity index (χ0v) is 9.94. The summed E-state index contributed by atoms with van der Waals surface area (Å²) >= 11 is 0. The summed E-state index contributed by atoms with van der Waals surface area (Å²) in [6, 6.07) is 4.47. The van der Waals surface area contributed by atoms with Crippen LogP contribution in [-0.4, -0.2) is 18.0 Å². The van der Waals surface area contributed by atoms with Crippen LogP contribution in [0.4, 0.5) is 5.69 Å². The lowest BCUT2D eigenvalue weighted by Crippen LogP contribution is -2.22. The molecule has 0 unspecified atom stereocenters.